The maximum absolute atomic E-state index is 11.1. The first kappa shape index (κ1) is 11.0. The number of phenolic OH excluding ortho intramolecular Hbond substituents is 1. The third kappa shape index (κ3) is 2.02. The molecule has 0 saturated heterocycles. The molecule has 84 valence electrons. The van der Waals surface area contributed by atoms with Crippen LogP contribution in [0.4, 0.5) is 0 Å². The third-order valence-electron chi connectivity index (χ3n) is 2.50. The van der Waals surface area contributed by atoms with Crippen molar-refractivity contribution in [2.75, 3.05) is 0 Å². The molecule has 0 fully saturated rings. The Morgan fingerprint density at radius 2 is 2.31 bits per heavy atom. The number of nitrogens with one attached hydrogen (secondary N) is 1. The molecular weight excluding hydrogens is 228 g/mol. The van der Waals surface area contributed by atoms with E-state index >= 15 is 0 Å². The van der Waals surface area contributed by atoms with E-state index in [1.165, 1.54) is 6.07 Å². The minimum atomic E-state index is -0.0823. The fourth-order valence-corrected chi connectivity index (χ4v) is 1.85. The predicted octanol–water partition coefficient (Wildman–Crippen LogP) is 1.91. The van der Waals surface area contributed by atoms with Crippen molar-refractivity contribution in [3.8, 4) is 5.75 Å². The van der Waals surface area contributed by atoms with Crippen LogP contribution in [0, 0.1) is 5.92 Å². The highest BCUT2D eigenvalue weighted by Crippen LogP contribution is 2.26. The van der Waals surface area contributed by atoms with Crippen LogP contribution in [0.1, 0.15) is 18.9 Å². The largest absolute Gasteiger partial charge is 0.506 e. The predicted molar refractivity (Wildman–Crippen MR) is 61.6 cm³/mol. The summed E-state index contributed by atoms with van der Waals surface area (Å²) < 4.78 is 0. The molecule has 5 heteroatoms. The van der Waals surface area contributed by atoms with E-state index in [9.17, 15) is 9.90 Å². The van der Waals surface area contributed by atoms with Gasteiger partial charge in [-0.1, -0.05) is 18.5 Å². The van der Waals surface area contributed by atoms with Gasteiger partial charge in [0.15, 0.2) is 0 Å². The van der Waals surface area contributed by atoms with Crippen LogP contribution >= 0.6 is 11.6 Å². The van der Waals surface area contributed by atoms with Gasteiger partial charge in [-0.3, -0.25) is 4.79 Å². The molecule has 1 atom stereocenters. The van der Waals surface area contributed by atoms with Gasteiger partial charge in [0.2, 0.25) is 5.91 Å². The monoisotopic (exact) mass is 238 g/mol. The number of amides is 1. The van der Waals surface area contributed by atoms with Crippen molar-refractivity contribution >= 4 is 23.2 Å². The zero-order valence-corrected chi connectivity index (χ0v) is 9.45. The van der Waals surface area contributed by atoms with Crippen LogP contribution in [0.25, 0.3) is 0 Å². The van der Waals surface area contributed by atoms with Gasteiger partial charge in [-0.2, -0.15) is 5.10 Å². The Hall–Kier alpha value is -1.55. The molecule has 16 heavy (non-hydrogen) atoms. The fourth-order valence-electron chi connectivity index (χ4n) is 1.67. The van der Waals surface area contributed by atoms with Crippen LogP contribution in [-0.4, -0.2) is 16.7 Å². The van der Waals surface area contributed by atoms with E-state index in [-0.39, 0.29) is 22.6 Å². The molecule has 1 unspecified atom stereocenters. The summed E-state index contributed by atoms with van der Waals surface area (Å²) in [4.78, 5) is 11.1. The van der Waals surface area contributed by atoms with Crippen molar-refractivity contribution in [2.24, 2.45) is 11.0 Å². The molecule has 1 heterocycles. The molecule has 0 aliphatic carbocycles. The van der Waals surface area contributed by atoms with Crippen molar-refractivity contribution in [2.45, 2.75) is 13.3 Å². The molecular formula is C11H11ClN2O2. The minimum Gasteiger partial charge on any atom is -0.506 e. The highest BCUT2D eigenvalue weighted by atomic mass is 35.5. The summed E-state index contributed by atoms with van der Waals surface area (Å²) in [5.74, 6) is 0.00833. The number of benzene rings is 1. The third-order valence-corrected chi connectivity index (χ3v) is 2.81. The van der Waals surface area contributed by atoms with E-state index in [0.29, 0.717) is 6.42 Å². The van der Waals surface area contributed by atoms with Crippen LogP contribution in [0.15, 0.2) is 23.3 Å². The molecule has 0 bridgehead atoms. The number of carbonyl (C=O) groups excluding carboxylic acids is 1. The fraction of sp³-hybridized carbons (Fsp3) is 0.273. The summed E-state index contributed by atoms with van der Waals surface area (Å²) in [6, 6.07) is 4.89. The van der Waals surface area contributed by atoms with Crippen LogP contribution in [0.3, 0.4) is 0 Å². The first-order valence-electron chi connectivity index (χ1n) is 4.93. The summed E-state index contributed by atoms with van der Waals surface area (Å²) in [7, 11) is 0. The number of nitrogens with zero attached hydrogens (tertiary/aromatic N) is 1. The first-order chi connectivity index (χ1) is 7.58. The molecule has 0 spiro atoms. The number of hydrogen-bond acceptors (Lipinski definition) is 3. The number of rotatable bonds is 1. The second-order valence-electron chi connectivity index (χ2n) is 3.80. The SMILES string of the molecule is CC1CC(=O)NN=C1c1ccc(O)c(Cl)c1. The summed E-state index contributed by atoms with van der Waals surface area (Å²) >= 11 is 5.82. The Morgan fingerprint density at radius 1 is 1.56 bits per heavy atom. The molecule has 1 aliphatic rings. The van der Waals surface area contributed by atoms with Crippen molar-refractivity contribution in [3.05, 3.63) is 28.8 Å². The van der Waals surface area contributed by atoms with Crippen LogP contribution in [-0.2, 0) is 4.79 Å². The number of phenols is 1. The Morgan fingerprint density at radius 3 is 2.94 bits per heavy atom. The van der Waals surface area contributed by atoms with E-state index in [1.807, 2.05) is 6.92 Å². The lowest BCUT2D eigenvalue weighted by atomic mass is 9.94. The number of aromatic hydroxyl groups is 1. The van der Waals surface area contributed by atoms with E-state index in [1.54, 1.807) is 12.1 Å². The van der Waals surface area contributed by atoms with Gasteiger partial charge in [0.25, 0.3) is 0 Å². The van der Waals surface area contributed by atoms with Gasteiger partial charge in [0.05, 0.1) is 10.7 Å². The second kappa shape index (κ2) is 4.14. The summed E-state index contributed by atoms with van der Waals surface area (Å²) in [5.41, 5.74) is 4.03. The van der Waals surface area contributed by atoms with Crippen molar-refractivity contribution in [1.29, 1.82) is 0 Å². The lowest BCUT2D eigenvalue weighted by molar-refractivity contribution is -0.121. The van der Waals surface area contributed by atoms with Crippen LogP contribution in [0.5, 0.6) is 5.75 Å². The molecule has 0 aromatic heterocycles. The van der Waals surface area contributed by atoms with Gasteiger partial charge in [-0.15, -0.1) is 0 Å². The summed E-state index contributed by atoms with van der Waals surface area (Å²) in [6.45, 7) is 1.93. The maximum atomic E-state index is 11.1. The Balaban J connectivity index is 2.37. The molecule has 1 amide bonds. The van der Waals surface area contributed by atoms with E-state index in [4.69, 9.17) is 11.6 Å². The molecule has 2 N–H and O–H groups in total. The Bertz CT molecular complexity index is 471. The van der Waals surface area contributed by atoms with E-state index in [0.717, 1.165) is 11.3 Å². The molecule has 0 saturated carbocycles. The molecule has 1 aliphatic heterocycles. The van der Waals surface area contributed by atoms with E-state index < -0.39 is 0 Å². The van der Waals surface area contributed by atoms with Gasteiger partial charge in [-0.05, 0) is 23.8 Å². The van der Waals surface area contributed by atoms with Gasteiger partial charge in [-0.25, -0.2) is 5.43 Å². The zero-order valence-electron chi connectivity index (χ0n) is 8.70. The maximum Gasteiger partial charge on any atom is 0.240 e. The normalized spacial score (nSPS) is 20.2. The van der Waals surface area contributed by atoms with Crippen molar-refractivity contribution in [1.82, 2.24) is 5.43 Å². The van der Waals surface area contributed by atoms with Gasteiger partial charge < -0.3 is 5.11 Å². The molecule has 4 nitrogen and oxygen atoms in total. The topological polar surface area (TPSA) is 61.7 Å². The molecule has 0 radical (unpaired) electrons. The van der Waals surface area contributed by atoms with Crippen molar-refractivity contribution in [3.63, 3.8) is 0 Å². The van der Waals surface area contributed by atoms with Gasteiger partial charge in [0, 0.05) is 12.3 Å². The first-order valence-corrected chi connectivity index (χ1v) is 5.31. The molecule has 1 aromatic carbocycles. The minimum absolute atomic E-state index is 0.0403. The zero-order chi connectivity index (χ0) is 11.7. The summed E-state index contributed by atoms with van der Waals surface area (Å²) in [5, 5.41) is 13.6. The smallest absolute Gasteiger partial charge is 0.240 e. The average Bonchev–Trinajstić information content (AvgIpc) is 2.22. The van der Waals surface area contributed by atoms with Crippen molar-refractivity contribution < 1.29 is 9.90 Å². The highest BCUT2D eigenvalue weighted by molar-refractivity contribution is 6.32. The van der Waals surface area contributed by atoms with Crippen LogP contribution in [0.2, 0.25) is 5.02 Å². The average molecular weight is 239 g/mol. The van der Waals surface area contributed by atoms with Gasteiger partial charge >= 0.3 is 0 Å². The van der Waals surface area contributed by atoms with E-state index in [2.05, 4.69) is 10.5 Å². The lowest BCUT2D eigenvalue weighted by Crippen LogP contribution is -2.31. The highest BCUT2D eigenvalue weighted by Gasteiger charge is 2.21. The number of hydrazone groups is 1. The number of hydrogen-bond donors (Lipinski definition) is 2. The second-order valence-corrected chi connectivity index (χ2v) is 4.21. The number of halogens is 1. The number of carbonyl (C=O) groups is 1. The Kier molecular flexibility index (Phi) is 2.83. The summed E-state index contributed by atoms with van der Waals surface area (Å²) in [6.07, 6.45) is 0.414. The lowest BCUT2D eigenvalue weighted by Gasteiger charge is -2.19. The molecule has 1 aromatic rings. The standard InChI is InChI=1S/C11H11ClN2O2/c1-6-4-10(16)13-14-11(6)7-2-3-9(15)8(12)5-7/h2-3,5-6,15H,4H2,1H3,(H,13,16). The quantitative estimate of drug-likeness (QED) is 0.785. The molecule has 2 rings (SSSR count). The van der Waals surface area contributed by atoms with Gasteiger partial charge in [0.1, 0.15) is 5.75 Å². The van der Waals surface area contributed by atoms with Crippen LogP contribution < -0.4 is 5.43 Å². The Labute approximate surface area is 97.9 Å².